The molecular formula is C22H15BrClN5O3S. The summed E-state index contributed by atoms with van der Waals surface area (Å²) >= 11 is 10.7. The highest BCUT2D eigenvalue weighted by atomic mass is 79.9. The van der Waals surface area contributed by atoms with Gasteiger partial charge in [-0.25, -0.2) is 0 Å². The maximum Gasteiger partial charge on any atom is 0.270 e. The Kier molecular flexibility index (Phi) is 7.07. The van der Waals surface area contributed by atoms with Crippen molar-refractivity contribution in [2.45, 2.75) is 5.16 Å². The summed E-state index contributed by atoms with van der Waals surface area (Å²) in [6, 6.07) is 20.7. The second-order valence-electron chi connectivity index (χ2n) is 6.75. The third kappa shape index (κ3) is 5.41. The van der Waals surface area contributed by atoms with Gasteiger partial charge in [0.2, 0.25) is 5.91 Å². The average Bonchev–Trinajstić information content (AvgIpc) is 3.24. The van der Waals surface area contributed by atoms with Crippen molar-refractivity contribution in [1.82, 2.24) is 14.8 Å². The molecule has 3 aromatic carbocycles. The van der Waals surface area contributed by atoms with Crippen molar-refractivity contribution in [2.24, 2.45) is 0 Å². The highest BCUT2D eigenvalue weighted by Gasteiger charge is 2.19. The second-order valence-corrected chi connectivity index (χ2v) is 9.01. The second kappa shape index (κ2) is 10.2. The molecule has 166 valence electrons. The van der Waals surface area contributed by atoms with E-state index in [1.54, 1.807) is 34.9 Å². The minimum absolute atomic E-state index is 0.0462. The number of non-ortho nitro benzene ring substituents is 1. The Balaban J connectivity index is 1.61. The molecule has 1 amide bonds. The van der Waals surface area contributed by atoms with Crippen LogP contribution in [0.15, 0.2) is 82.4 Å². The van der Waals surface area contributed by atoms with Crippen LogP contribution < -0.4 is 5.32 Å². The molecule has 0 saturated heterocycles. The van der Waals surface area contributed by atoms with Crippen molar-refractivity contribution in [3.05, 3.63) is 92.4 Å². The summed E-state index contributed by atoms with van der Waals surface area (Å²) in [6.07, 6.45) is 0. The zero-order valence-corrected chi connectivity index (χ0v) is 20.0. The monoisotopic (exact) mass is 543 g/mol. The number of anilines is 1. The topological polar surface area (TPSA) is 103 Å². The Hall–Kier alpha value is -3.21. The van der Waals surface area contributed by atoms with E-state index in [4.69, 9.17) is 11.6 Å². The number of nitro benzene ring substituents is 1. The molecule has 0 bridgehead atoms. The molecule has 0 aliphatic heterocycles. The van der Waals surface area contributed by atoms with Crippen LogP contribution in [0.4, 0.5) is 11.4 Å². The number of nitrogens with zero attached hydrogens (tertiary/aromatic N) is 4. The maximum atomic E-state index is 12.5. The van der Waals surface area contributed by atoms with Crippen LogP contribution in [-0.4, -0.2) is 31.3 Å². The van der Waals surface area contributed by atoms with Crippen LogP contribution >= 0.6 is 39.3 Å². The van der Waals surface area contributed by atoms with Gasteiger partial charge in [-0.05, 0) is 30.3 Å². The lowest BCUT2D eigenvalue weighted by Gasteiger charge is -2.11. The first-order chi connectivity index (χ1) is 15.9. The van der Waals surface area contributed by atoms with Crippen molar-refractivity contribution >= 4 is 56.6 Å². The van der Waals surface area contributed by atoms with Crippen LogP contribution in [0.5, 0.6) is 0 Å². The van der Waals surface area contributed by atoms with Gasteiger partial charge in [0.05, 0.1) is 21.4 Å². The van der Waals surface area contributed by atoms with Gasteiger partial charge < -0.3 is 5.32 Å². The number of nitro groups is 1. The van der Waals surface area contributed by atoms with Crippen molar-refractivity contribution < 1.29 is 9.72 Å². The van der Waals surface area contributed by atoms with Gasteiger partial charge >= 0.3 is 0 Å². The summed E-state index contributed by atoms with van der Waals surface area (Å²) in [5.41, 5.74) is 1.77. The summed E-state index contributed by atoms with van der Waals surface area (Å²) in [7, 11) is 0. The molecule has 0 radical (unpaired) electrons. The van der Waals surface area contributed by atoms with Crippen LogP contribution in [0.1, 0.15) is 0 Å². The first-order valence-corrected chi connectivity index (χ1v) is 11.7. The third-order valence-corrected chi connectivity index (χ3v) is 6.24. The van der Waals surface area contributed by atoms with E-state index >= 15 is 0 Å². The van der Waals surface area contributed by atoms with Gasteiger partial charge in [-0.15, -0.1) is 10.2 Å². The van der Waals surface area contributed by atoms with Crippen molar-refractivity contribution in [3.8, 4) is 17.1 Å². The van der Waals surface area contributed by atoms with E-state index in [-0.39, 0.29) is 17.3 Å². The smallest absolute Gasteiger partial charge is 0.270 e. The van der Waals surface area contributed by atoms with Gasteiger partial charge in [0.25, 0.3) is 5.69 Å². The number of thioether (sulfide) groups is 1. The average molecular weight is 545 g/mol. The van der Waals surface area contributed by atoms with Crippen LogP contribution in [0, 0.1) is 10.1 Å². The molecule has 0 unspecified atom stereocenters. The van der Waals surface area contributed by atoms with E-state index in [2.05, 4.69) is 31.4 Å². The number of carbonyl (C=O) groups is 1. The van der Waals surface area contributed by atoms with Gasteiger partial charge in [-0.1, -0.05) is 69.6 Å². The number of para-hydroxylation sites is 1. The Morgan fingerprint density at radius 3 is 2.61 bits per heavy atom. The normalized spacial score (nSPS) is 10.7. The zero-order chi connectivity index (χ0) is 23.4. The molecule has 8 nitrogen and oxygen atoms in total. The molecule has 0 fully saturated rings. The zero-order valence-electron chi connectivity index (χ0n) is 16.8. The first-order valence-electron chi connectivity index (χ1n) is 9.56. The van der Waals surface area contributed by atoms with Gasteiger partial charge in [0.15, 0.2) is 11.0 Å². The Bertz CT molecular complexity index is 1330. The van der Waals surface area contributed by atoms with E-state index < -0.39 is 4.92 Å². The number of halogens is 2. The molecule has 4 rings (SSSR count). The van der Waals surface area contributed by atoms with Crippen molar-refractivity contribution in [2.75, 3.05) is 11.1 Å². The molecule has 1 heterocycles. The largest absolute Gasteiger partial charge is 0.324 e. The van der Waals surface area contributed by atoms with E-state index in [1.165, 1.54) is 23.9 Å². The molecule has 1 N–H and O–H groups in total. The predicted octanol–water partition coefficient (Wildman–Crippen LogP) is 5.99. The molecule has 4 aromatic rings. The van der Waals surface area contributed by atoms with Crippen LogP contribution in [-0.2, 0) is 4.79 Å². The Morgan fingerprint density at radius 2 is 1.88 bits per heavy atom. The van der Waals surface area contributed by atoms with Crippen molar-refractivity contribution in [3.63, 3.8) is 0 Å². The summed E-state index contributed by atoms with van der Waals surface area (Å²) < 4.78 is 2.58. The number of aromatic nitrogens is 3. The molecule has 0 spiro atoms. The Morgan fingerprint density at radius 1 is 1.09 bits per heavy atom. The lowest BCUT2D eigenvalue weighted by molar-refractivity contribution is -0.384. The molecule has 1 aromatic heterocycles. The molecule has 33 heavy (non-hydrogen) atoms. The minimum Gasteiger partial charge on any atom is -0.324 e. The highest BCUT2D eigenvalue weighted by molar-refractivity contribution is 9.10. The number of carbonyl (C=O) groups excluding carboxylic acids is 1. The summed E-state index contributed by atoms with van der Waals surface area (Å²) in [6.45, 7) is 0. The van der Waals surface area contributed by atoms with E-state index in [0.29, 0.717) is 27.3 Å². The molecule has 11 heteroatoms. The fourth-order valence-corrected chi connectivity index (χ4v) is 4.50. The fourth-order valence-electron chi connectivity index (χ4n) is 3.03. The number of nitrogens with one attached hydrogen (secondary N) is 1. The van der Waals surface area contributed by atoms with Gasteiger partial charge in [-0.2, -0.15) is 0 Å². The van der Waals surface area contributed by atoms with E-state index in [1.807, 2.05) is 30.3 Å². The SMILES string of the molecule is O=C(CSc1nnc(-c2cccc([N+](=O)[O-])c2)n1-c1ccccc1)Nc1ccc(Br)cc1Cl. The quantitative estimate of drug-likeness (QED) is 0.174. The number of benzene rings is 3. The van der Waals surface area contributed by atoms with Gasteiger partial charge in [-0.3, -0.25) is 19.5 Å². The standard InChI is InChI=1S/C22H15BrClN5O3S/c23-15-9-10-19(18(24)12-15)25-20(30)13-33-22-27-26-21(28(22)16-6-2-1-3-7-16)14-5-4-8-17(11-14)29(31)32/h1-12H,13H2,(H,25,30). The molecule has 0 saturated carbocycles. The van der Waals surface area contributed by atoms with Gasteiger partial charge in [0.1, 0.15) is 0 Å². The van der Waals surface area contributed by atoms with Crippen LogP contribution in [0.25, 0.3) is 17.1 Å². The van der Waals surface area contributed by atoms with E-state index in [9.17, 15) is 14.9 Å². The van der Waals surface area contributed by atoms with E-state index in [0.717, 1.165) is 10.2 Å². The summed E-state index contributed by atoms with van der Waals surface area (Å²) in [5.74, 6) is 0.235. The van der Waals surface area contributed by atoms with Gasteiger partial charge in [0, 0.05) is 27.9 Å². The minimum atomic E-state index is -0.458. The first kappa shape index (κ1) is 23.0. The number of amides is 1. The van der Waals surface area contributed by atoms with Crippen LogP contribution in [0.2, 0.25) is 5.02 Å². The molecule has 0 aliphatic carbocycles. The maximum absolute atomic E-state index is 12.5. The predicted molar refractivity (Wildman–Crippen MR) is 132 cm³/mol. The molecular weight excluding hydrogens is 530 g/mol. The highest BCUT2D eigenvalue weighted by Crippen LogP contribution is 2.30. The Labute approximate surface area is 206 Å². The van der Waals surface area contributed by atoms with Crippen LogP contribution in [0.3, 0.4) is 0 Å². The number of rotatable bonds is 7. The lowest BCUT2D eigenvalue weighted by Crippen LogP contribution is -2.15. The fraction of sp³-hybridized carbons (Fsp3) is 0.0455. The van der Waals surface area contributed by atoms with Crippen molar-refractivity contribution in [1.29, 1.82) is 0 Å². The molecule has 0 aliphatic rings. The summed E-state index contributed by atoms with van der Waals surface area (Å²) in [5, 5.41) is 23.4. The third-order valence-electron chi connectivity index (χ3n) is 4.50. The number of hydrogen-bond donors (Lipinski definition) is 1. The number of hydrogen-bond acceptors (Lipinski definition) is 6. The molecule has 0 atom stereocenters. The summed E-state index contributed by atoms with van der Waals surface area (Å²) in [4.78, 5) is 23.3. The lowest BCUT2D eigenvalue weighted by atomic mass is 10.2.